The maximum atomic E-state index is 13.4. The number of benzene rings is 1. The topological polar surface area (TPSA) is 45.8 Å². The van der Waals surface area contributed by atoms with Gasteiger partial charge < -0.3 is 4.57 Å². The monoisotopic (exact) mass is 454 g/mol. The largest absolute Gasteiger partial charge is 0.432 e. The van der Waals surface area contributed by atoms with Crippen molar-refractivity contribution in [2.45, 2.75) is 12.1 Å². The maximum absolute atomic E-state index is 13.4. The Labute approximate surface area is 158 Å². The van der Waals surface area contributed by atoms with Gasteiger partial charge in [0.05, 0.1) is 21.6 Å². The van der Waals surface area contributed by atoms with Crippen molar-refractivity contribution in [3.8, 4) is 17.3 Å². The molecule has 0 aliphatic carbocycles. The average Bonchev–Trinajstić information content (AvgIpc) is 2.77. The second-order valence-corrected chi connectivity index (χ2v) is 7.33. The Morgan fingerprint density at radius 1 is 1.38 bits per heavy atom. The van der Waals surface area contributed by atoms with Gasteiger partial charge in [0.2, 0.25) is 4.45 Å². The molecule has 0 bridgehead atoms. The van der Waals surface area contributed by atoms with Gasteiger partial charge in [0.1, 0.15) is 11.8 Å². The predicted octanol–water partition coefficient (Wildman–Crippen LogP) is 6.20. The van der Waals surface area contributed by atoms with E-state index in [9.17, 15) is 23.2 Å². The van der Waals surface area contributed by atoms with E-state index in [0.29, 0.717) is 22.3 Å². The van der Waals surface area contributed by atoms with E-state index in [-0.39, 0.29) is 21.6 Å². The van der Waals surface area contributed by atoms with Crippen molar-refractivity contribution in [2.75, 3.05) is 0 Å². The Balaban J connectivity index is 2.77. The molecule has 2 aromatic rings. The highest BCUT2D eigenvalue weighted by Crippen LogP contribution is 2.44. The van der Waals surface area contributed by atoms with E-state index in [0.717, 1.165) is 4.57 Å². The van der Waals surface area contributed by atoms with Crippen LogP contribution < -0.4 is 0 Å². The summed E-state index contributed by atoms with van der Waals surface area (Å²) in [6.45, 7) is 0. The second kappa shape index (κ2) is 7.44. The molecule has 10 heteroatoms. The zero-order valence-electron chi connectivity index (χ0n) is 11.6. The minimum Gasteiger partial charge on any atom is -0.324 e. The number of rotatable bonds is 3. The van der Waals surface area contributed by atoms with Gasteiger partial charge in [-0.25, -0.2) is 0 Å². The van der Waals surface area contributed by atoms with Crippen LogP contribution in [-0.2, 0) is 12.1 Å². The van der Waals surface area contributed by atoms with Gasteiger partial charge in [0.15, 0.2) is 0 Å². The third-order valence-electron chi connectivity index (χ3n) is 3.02. The van der Waals surface area contributed by atoms with Gasteiger partial charge in [-0.2, -0.15) is 18.4 Å². The first-order chi connectivity index (χ1) is 11.2. The minimum absolute atomic E-state index is 0.0513. The van der Waals surface area contributed by atoms with Crippen LogP contribution in [0.3, 0.4) is 0 Å². The van der Waals surface area contributed by atoms with E-state index in [1.165, 1.54) is 24.3 Å². The van der Waals surface area contributed by atoms with Crippen LogP contribution in [0.25, 0.3) is 11.3 Å². The van der Waals surface area contributed by atoms with Gasteiger partial charge in [-0.1, -0.05) is 48.1 Å². The molecule has 0 fully saturated rings. The van der Waals surface area contributed by atoms with Gasteiger partial charge >= 0.3 is 6.18 Å². The first kappa shape index (κ1) is 19.2. The standard InChI is InChI=1S/C14H7BrClF3N2OS2/c15-10-9(5-20)11(7-1-3-8(16)4-2-7)21(6-24-13(22)23)12(10)14(17,18)19/h1-4H,6H2,(H,22,23). The fraction of sp³-hybridized carbons (Fsp3) is 0.143. The van der Waals surface area contributed by atoms with Crippen molar-refractivity contribution in [2.24, 2.45) is 0 Å². The van der Waals surface area contributed by atoms with Crippen LogP contribution in [0, 0.1) is 11.3 Å². The van der Waals surface area contributed by atoms with Crippen LogP contribution in [0.15, 0.2) is 28.7 Å². The summed E-state index contributed by atoms with van der Waals surface area (Å²) >= 11 is 12.8. The molecule has 0 spiro atoms. The Bertz CT molecular complexity index is 829. The lowest BCUT2D eigenvalue weighted by Crippen LogP contribution is -2.14. The molecule has 0 aliphatic heterocycles. The summed E-state index contributed by atoms with van der Waals surface area (Å²) in [4.78, 5) is 11.1. The normalized spacial score (nSPS) is 11.4. The number of thiol groups is 1. The van der Waals surface area contributed by atoms with Crippen LogP contribution in [0.1, 0.15) is 11.3 Å². The van der Waals surface area contributed by atoms with Gasteiger partial charge in [0, 0.05) is 5.02 Å². The third kappa shape index (κ3) is 3.94. The number of carbonyl (C=O) groups is 1. The Morgan fingerprint density at radius 3 is 2.42 bits per heavy atom. The number of alkyl halides is 3. The van der Waals surface area contributed by atoms with Crippen LogP contribution in [0.2, 0.25) is 5.02 Å². The summed E-state index contributed by atoms with van der Waals surface area (Å²) in [5.41, 5.74) is -0.780. The van der Waals surface area contributed by atoms with Crippen LogP contribution in [0.5, 0.6) is 0 Å². The number of hydrogen-bond donors (Lipinski definition) is 1. The molecule has 0 saturated heterocycles. The van der Waals surface area contributed by atoms with E-state index in [1.807, 2.05) is 0 Å². The lowest BCUT2D eigenvalue weighted by Gasteiger charge is -2.14. The van der Waals surface area contributed by atoms with Crippen LogP contribution >= 0.6 is 51.9 Å². The second-order valence-electron chi connectivity index (χ2n) is 4.47. The van der Waals surface area contributed by atoms with E-state index in [2.05, 4.69) is 28.6 Å². The molecule has 0 amide bonds. The molecule has 3 nitrogen and oxygen atoms in total. The van der Waals surface area contributed by atoms with Crippen molar-refractivity contribution < 1.29 is 18.0 Å². The predicted molar refractivity (Wildman–Crippen MR) is 94.3 cm³/mol. The van der Waals surface area contributed by atoms with Crippen molar-refractivity contribution in [1.82, 2.24) is 4.57 Å². The Morgan fingerprint density at radius 2 is 1.96 bits per heavy atom. The Kier molecular flexibility index (Phi) is 5.96. The number of halogens is 5. The Hall–Kier alpha value is -1.08. The number of nitriles is 1. The van der Waals surface area contributed by atoms with Gasteiger partial charge in [-0.15, -0.1) is 0 Å². The molecular formula is C14H7BrClF3N2OS2. The van der Waals surface area contributed by atoms with E-state index in [4.69, 9.17) is 11.6 Å². The van der Waals surface area contributed by atoms with Crippen LogP contribution in [-0.4, -0.2) is 9.01 Å². The molecule has 1 heterocycles. The number of thioether (sulfide) groups is 1. The lowest BCUT2D eigenvalue weighted by atomic mass is 10.1. The molecule has 0 aliphatic rings. The SMILES string of the molecule is N#Cc1c(Br)c(C(F)(F)F)n(CSC(=O)S)c1-c1ccc(Cl)cc1. The lowest BCUT2D eigenvalue weighted by molar-refractivity contribution is -0.143. The highest BCUT2D eigenvalue weighted by molar-refractivity contribution is 9.10. The molecule has 0 unspecified atom stereocenters. The summed E-state index contributed by atoms with van der Waals surface area (Å²) in [5.74, 6) is -0.338. The number of aromatic nitrogens is 1. The molecule has 2 rings (SSSR count). The van der Waals surface area contributed by atoms with Crippen molar-refractivity contribution in [3.63, 3.8) is 0 Å². The van der Waals surface area contributed by atoms with Crippen molar-refractivity contribution >= 4 is 56.4 Å². The zero-order valence-corrected chi connectivity index (χ0v) is 15.6. The molecule has 126 valence electrons. The van der Waals surface area contributed by atoms with Crippen molar-refractivity contribution in [1.29, 1.82) is 5.26 Å². The smallest absolute Gasteiger partial charge is 0.324 e. The van der Waals surface area contributed by atoms with Crippen molar-refractivity contribution in [3.05, 3.63) is 45.0 Å². The zero-order chi connectivity index (χ0) is 18.1. The number of nitrogens with zero attached hydrogens (tertiary/aromatic N) is 2. The van der Waals surface area contributed by atoms with E-state index < -0.39 is 16.3 Å². The highest BCUT2D eigenvalue weighted by atomic mass is 79.9. The molecule has 0 radical (unpaired) electrons. The van der Waals surface area contributed by atoms with E-state index in [1.54, 1.807) is 6.07 Å². The first-order valence-corrected chi connectivity index (χ1v) is 8.78. The molecule has 0 atom stereocenters. The highest BCUT2D eigenvalue weighted by Gasteiger charge is 2.40. The molecule has 24 heavy (non-hydrogen) atoms. The molecule has 0 N–H and O–H groups in total. The summed E-state index contributed by atoms with van der Waals surface area (Å²) < 4.78 is 40.2. The summed E-state index contributed by atoms with van der Waals surface area (Å²) in [6, 6.07) is 7.82. The van der Waals surface area contributed by atoms with E-state index >= 15 is 0 Å². The summed E-state index contributed by atoms with van der Waals surface area (Å²) in [6.07, 6.45) is -4.71. The minimum atomic E-state index is -4.71. The average molecular weight is 456 g/mol. The third-order valence-corrected chi connectivity index (χ3v) is 5.06. The van der Waals surface area contributed by atoms with Gasteiger partial charge in [-0.3, -0.25) is 4.79 Å². The van der Waals surface area contributed by atoms with Crippen LogP contribution in [0.4, 0.5) is 18.0 Å². The summed E-state index contributed by atoms with van der Waals surface area (Å²) in [5, 5.41) is 9.73. The molecule has 1 aromatic heterocycles. The van der Waals surface area contributed by atoms with Gasteiger partial charge in [-0.05, 0) is 33.6 Å². The number of carbonyl (C=O) groups excluding carboxylic acids is 1. The molecule has 1 aromatic carbocycles. The fourth-order valence-electron chi connectivity index (χ4n) is 2.12. The first-order valence-electron chi connectivity index (χ1n) is 6.17. The number of hydrogen-bond acceptors (Lipinski definition) is 3. The summed E-state index contributed by atoms with van der Waals surface area (Å²) in [7, 11) is 0. The fourth-order valence-corrected chi connectivity index (χ4v) is 3.64. The quantitative estimate of drug-likeness (QED) is 0.560. The maximum Gasteiger partial charge on any atom is 0.432 e. The van der Waals surface area contributed by atoms with Gasteiger partial charge in [0.25, 0.3) is 0 Å². The molecule has 0 saturated carbocycles. The molecular weight excluding hydrogens is 449 g/mol.